The molecule has 0 N–H and O–H groups in total. The molecule has 2 aliphatic rings. The minimum absolute atomic E-state index is 0.0272. The van der Waals surface area contributed by atoms with Crippen molar-refractivity contribution in [1.29, 1.82) is 0 Å². The van der Waals surface area contributed by atoms with Crippen molar-refractivity contribution in [1.82, 2.24) is 0 Å². The van der Waals surface area contributed by atoms with E-state index in [9.17, 15) is 4.39 Å². The van der Waals surface area contributed by atoms with Crippen molar-refractivity contribution in [3.63, 3.8) is 0 Å². The number of hydrogen-bond acceptors (Lipinski definition) is 1. The number of hydrogen-bond donors (Lipinski definition) is 0. The molecule has 0 atom stereocenters. The largest absolute Gasteiger partial charge is 0.380 e. The Morgan fingerprint density at radius 3 is 2.19 bits per heavy atom. The van der Waals surface area contributed by atoms with Crippen LogP contribution in [-0.2, 0) is 11.3 Å². The molecule has 27 heavy (non-hydrogen) atoms. The summed E-state index contributed by atoms with van der Waals surface area (Å²) in [6.45, 7) is 2.79. The van der Waals surface area contributed by atoms with Gasteiger partial charge in [0.1, 0.15) is 5.82 Å². The fraction of sp³-hybridized carbons (Fsp3) is 0.760. The van der Waals surface area contributed by atoms with Crippen molar-refractivity contribution in [2.24, 2.45) is 17.8 Å². The van der Waals surface area contributed by atoms with E-state index in [2.05, 4.69) is 6.92 Å². The lowest BCUT2D eigenvalue weighted by Gasteiger charge is -2.38. The Labute approximate surface area is 166 Å². The molecule has 0 unspecified atom stereocenters. The molecule has 1 aromatic carbocycles. The summed E-state index contributed by atoms with van der Waals surface area (Å²) < 4.78 is 19.6. The summed E-state index contributed by atoms with van der Waals surface area (Å²) in [4.78, 5) is 0. The SMILES string of the molecule is CCCCCC1CCC(C2CCC(c3ccc(COC)cc3F)CC2)CC1. The molecule has 0 amide bonds. The van der Waals surface area contributed by atoms with Gasteiger partial charge in [0.15, 0.2) is 0 Å². The fourth-order valence-corrected chi connectivity index (χ4v) is 5.69. The summed E-state index contributed by atoms with van der Waals surface area (Å²) in [5.41, 5.74) is 1.87. The zero-order valence-corrected chi connectivity index (χ0v) is 17.5. The number of benzene rings is 1. The zero-order valence-electron chi connectivity index (χ0n) is 17.5. The van der Waals surface area contributed by atoms with Crippen molar-refractivity contribution in [2.75, 3.05) is 7.11 Å². The molecule has 0 heterocycles. The summed E-state index contributed by atoms with van der Waals surface area (Å²) in [5.74, 6) is 3.24. The third kappa shape index (κ3) is 5.79. The second-order valence-corrected chi connectivity index (χ2v) is 9.18. The summed E-state index contributed by atoms with van der Waals surface area (Å²) in [7, 11) is 1.66. The predicted octanol–water partition coefficient (Wildman–Crippen LogP) is 7.63. The highest BCUT2D eigenvalue weighted by molar-refractivity contribution is 5.27. The summed E-state index contributed by atoms with van der Waals surface area (Å²) in [6.07, 6.45) is 16.4. The fourth-order valence-electron chi connectivity index (χ4n) is 5.69. The minimum Gasteiger partial charge on any atom is -0.380 e. The molecular formula is C25H39FO. The van der Waals surface area contributed by atoms with Crippen LogP contribution in [0.2, 0.25) is 0 Å². The van der Waals surface area contributed by atoms with Gasteiger partial charge in [-0.25, -0.2) is 4.39 Å². The molecule has 0 aromatic heterocycles. The maximum Gasteiger partial charge on any atom is 0.127 e. The molecule has 2 saturated carbocycles. The third-order valence-corrected chi connectivity index (χ3v) is 7.36. The lowest BCUT2D eigenvalue weighted by Crippen LogP contribution is -2.25. The van der Waals surface area contributed by atoms with Crippen molar-refractivity contribution >= 4 is 0 Å². The number of halogens is 1. The monoisotopic (exact) mass is 374 g/mol. The average molecular weight is 375 g/mol. The van der Waals surface area contributed by atoms with Crippen LogP contribution >= 0.6 is 0 Å². The zero-order chi connectivity index (χ0) is 19.1. The lowest BCUT2D eigenvalue weighted by atomic mass is 9.68. The van der Waals surface area contributed by atoms with E-state index in [1.165, 1.54) is 77.0 Å². The van der Waals surface area contributed by atoms with Crippen LogP contribution < -0.4 is 0 Å². The van der Waals surface area contributed by atoms with Crippen LogP contribution in [-0.4, -0.2) is 7.11 Å². The van der Waals surface area contributed by atoms with Gasteiger partial charge in [-0.05, 0) is 79.4 Å². The maximum absolute atomic E-state index is 14.5. The van der Waals surface area contributed by atoms with Gasteiger partial charge >= 0.3 is 0 Å². The van der Waals surface area contributed by atoms with Crippen LogP contribution in [0.25, 0.3) is 0 Å². The van der Waals surface area contributed by atoms with Gasteiger partial charge in [0, 0.05) is 7.11 Å². The van der Waals surface area contributed by atoms with Crippen LogP contribution in [0.1, 0.15) is 101 Å². The van der Waals surface area contributed by atoms with E-state index in [0.717, 1.165) is 28.9 Å². The van der Waals surface area contributed by atoms with Gasteiger partial charge < -0.3 is 4.74 Å². The van der Waals surface area contributed by atoms with Gasteiger partial charge in [-0.3, -0.25) is 0 Å². The molecule has 2 aliphatic carbocycles. The van der Waals surface area contributed by atoms with E-state index < -0.39 is 0 Å². The van der Waals surface area contributed by atoms with E-state index in [-0.39, 0.29) is 5.82 Å². The van der Waals surface area contributed by atoms with Gasteiger partial charge in [-0.15, -0.1) is 0 Å². The van der Waals surface area contributed by atoms with E-state index in [1.54, 1.807) is 13.2 Å². The van der Waals surface area contributed by atoms with Gasteiger partial charge in [-0.2, -0.15) is 0 Å². The Bertz CT molecular complexity index is 553. The first-order chi connectivity index (χ1) is 13.2. The molecule has 0 spiro atoms. The molecule has 2 heteroatoms. The highest BCUT2D eigenvalue weighted by Gasteiger charge is 2.31. The third-order valence-electron chi connectivity index (χ3n) is 7.36. The van der Waals surface area contributed by atoms with Gasteiger partial charge in [0.2, 0.25) is 0 Å². The van der Waals surface area contributed by atoms with E-state index >= 15 is 0 Å². The molecular weight excluding hydrogens is 335 g/mol. The summed E-state index contributed by atoms with van der Waals surface area (Å²) in [5, 5.41) is 0. The molecule has 0 saturated heterocycles. The van der Waals surface area contributed by atoms with E-state index in [1.807, 2.05) is 12.1 Å². The number of ether oxygens (including phenoxy) is 1. The molecule has 1 aromatic rings. The Morgan fingerprint density at radius 1 is 0.926 bits per heavy atom. The second-order valence-electron chi connectivity index (χ2n) is 9.18. The van der Waals surface area contributed by atoms with Crippen LogP contribution in [0, 0.1) is 23.6 Å². The standard InChI is InChI=1S/C25H39FO/c1-3-4-5-6-19-7-10-21(11-8-19)22-12-14-23(15-13-22)24-16-9-20(18-27-2)17-25(24)26/h9,16-17,19,21-23H,3-8,10-15,18H2,1-2H3. The quantitative estimate of drug-likeness (QED) is 0.425. The Hall–Kier alpha value is -0.890. The van der Waals surface area contributed by atoms with Gasteiger partial charge in [0.25, 0.3) is 0 Å². The van der Waals surface area contributed by atoms with Crippen molar-refractivity contribution in [2.45, 2.75) is 96.5 Å². The predicted molar refractivity (Wildman–Crippen MR) is 111 cm³/mol. The molecule has 0 bridgehead atoms. The van der Waals surface area contributed by atoms with Crippen LogP contribution in [0.5, 0.6) is 0 Å². The first kappa shape index (κ1) is 20.8. The summed E-state index contributed by atoms with van der Waals surface area (Å²) >= 11 is 0. The number of unbranched alkanes of at least 4 members (excludes halogenated alkanes) is 2. The van der Waals surface area contributed by atoms with E-state index in [0.29, 0.717) is 12.5 Å². The molecule has 3 rings (SSSR count). The second kappa shape index (κ2) is 10.6. The molecule has 2 fully saturated rings. The number of rotatable bonds is 8. The maximum atomic E-state index is 14.5. The smallest absolute Gasteiger partial charge is 0.127 e. The van der Waals surface area contributed by atoms with Crippen LogP contribution in [0.3, 0.4) is 0 Å². The molecule has 152 valence electrons. The number of methoxy groups -OCH3 is 1. The van der Waals surface area contributed by atoms with Crippen molar-refractivity contribution in [3.8, 4) is 0 Å². The Balaban J connectivity index is 1.44. The van der Waals surface area contributed by atoms with Gasteiger partial charge in [0.05, 0.1) is 6.61 Å². The first-order valence-electron chi connectivity index (χ1n) is 11.5. The average Bonchev–Trinajstić information content (AvgIpc) is 2.69. The highest BCUT2D eigenvalue weighted by Crippen LogP contribution is 2.45. The Kier molecular flexibility index (Phi) is 8.18. The minimum atomic E-state index is -0.0272. The molecule has 0 aliphatic heterocycles. The van der Waals surface area contributed by atoms with Gasteiger partial charge in [-0.1, -0.05) is 57.6 Å². The molecule has 1 nitrogen and oxygen atoms in total. The van der Waals surface area contributed by atoms with Crippen molar-refractivity contribution < 1.29 is 9.13 Å². The highest BCUT2D eigenvalue weighted by atomic mass is 19.1. The Morgan fingerprint density at radius 2 is 1.59 bits per heavy atom. The van der Waals surface area contributed by atoms with Crippen molar-refractivity contribution in [3.05, 3.63) is 35.1 Å². The topological polar surface area (TPSA) is 9.23 Å². The first-order valence-corrected chi connectivity index (χ1v) is 11.5. The van der Waals surface area contributed by atoms with Crippen LogP contribution in [0.15, 0.2) is 18.2 Å². The molecule has 0 radical (unpaired) electrons. The normalized spacial score (nSPS) is 29.0. The van der Waals surface area contributed by atoms with Crippen LogP contribution in [0.4, 0.5) is 4.39 Å². The van der Waals surface area contributed by atoms with E-state index in [4.69, 9.17) is 4.74 Å². The lowest BCUT2D eigenvalue weighted by molar-refractivity contribution is 0.155. The summed E-state index contributed by atoms with van der Waals surface area (Å²) in [6, 6.07) is 5.72.